The van der Waals surface area contributed by atoms with Crippen LogP contribution >= 0.6 is 0 Å². The van der Waals surface area contributed by atoms with Crippen LogP contribution in [0.5, 0.6) is 5.88 Å². The summed E-state index contributed by atoms with van der Waals surface area (Å²) in [7, 11) is 1.75. The van der Waals surface area contributed by atoms with E-state index in [1.807, 2.05) is 41.5 Å². The highest BCUT2D eigenvalue weighted by atomic mass is 19.1. The highest BCUT2D eigenvalue weighted by molar-refractivity contribution is 5.94. The first-order valence-corrected chi connectivity index (χ1v) is 13.5. The molecule has 0 bridgehead atoms. The van der Waals surface area contributed by atoms with E-state index >= 15 is 0 Å². The molecule has 2 aliphatic rings. The summed E-state index contributed by atoms with van der Waals surface area (Å²) < 4.78 is 24.2. The predicted octanol–water partition coefficient (Wildman–Crippen LogP) is 3.70. The van der Waals surface area contributed by atoms with Crippen LogP contribution < -0.4 is 10.5 Å². The molecule has 1 aliphatic carbocycles. The molecule has 2 unspecified atom stereocenters. The van der Waals surface area contributed by atoms with E-state index in [1.165, 1.54) is 6.07 Å². The molecule has 1 aliphatic heterocycles. The van der Waals surface area contributed by atoms with Crippen molar-refractivity contribution in [2.75, 3.05) is 13.1 Å². The summed E-state index contributed by atoms with van der Waals surface area (Å²) in [6.45, 7) is 5.03. The Morgan fingerprint density at radius 2 is 1.83 bits per heavy atom. The third-order valence-electron chi connectivity index (χ3n) is 8.01. The maximum atomic E-state index is 14.4. The van der Waals surface area contributed by atoms with Gasteiger partial charge in [0.15, 0.2) is 5.82 Å². The maximum Gasteiger partial charge on any atom is 0.272 e. The van der Waals surface area contributed by atoms with Crippen LogP contribution in [0.15, 0.2) is 67.1 Å². The summed E-state index contributed by atoms with van der Waals surface area (Å²) in [5.74, 6) is 1.61. The van der Waals surface area contributed by atoms with Gasteiger partial charge < -0.3 is 19.9 Å². The number of aryl methyl sites for hydroxylation is 1. The van der Waals surface area contributed by atoms with Crippen LogP contribution in [0.2, 0.25) is 0 Å². The summed E-state index contributed by atoms with van der Waals surface area (Å²) in [6.07, 6.45) is 5.05. The van der Waals surface area contributed by atoms with Crippen LogP contribution in [0.1, 0.15) is 29.9 Å². The molecule has 7 rings (SSSR count). The maximum absolute atomic E-state index is 14.4. The highest BCUT2D eigenvalue weighted by Gasteiger charge is 2.59. The van der Waals surface area contributed by atoms with Crippen LogP contribution in [0, 0.1) is 17.7 Å². The number of halogens is 1. The Morgan fingerprint density at radius 3 is 2.56 bits per heavy atom. The highest BCUT2D eigenvalue weighted by Crippen LogP contribution is 2.48. The number of aromatic nitrogens is 6. The van der Waals surface area contributed by atoms with Crippen molar-refractivity contribution < 1.29 is 13.9 Å². The molecule has 2 fully saturated rings. The van der Waals surface area contributed by atoms with Gasteiger partial charge in [-0.3, -0.25) is 9.48 Å². The summed E-state index contributed by atoms with van der Waals surface area (Å²) >= 11 is 0. The molecule has 0 radical (unpaired) electrons. The number of pyridine rings is 1. The molecule has 11 heteroatoms. The number of carbonyl (C=O) groups is 1. The van der Waals surface area contributed by atoms with Gasteiger partial charge in [-0.15, -0.1) is 0 Å². The number of benzene rings is 1. The average molecular weight is 553 g/mol. The molecule has 2 N–H and O–H groups in total. The van der Waals surface area contributed by atoms with E-state index in [9.17, 15) is 9.18 Å². The van der Waals surface area contributed by atoms with Gasteiger partial charge >= 0.3 is 0 Å². The minimum absolute atomic E-state index is 0.0470. The number of fused-ring (bicyclic) bond motifs is 2. The third-order valence-corrected chi connectivity index (χ3v) is 8.01. The minimum atomic E-state index is -0.639. The molecule has 0 spiro atoms. The smallest absolute Gasteiger partial charge is 0.272 e. The van der Waals surface area contributed by atoms with Gasteiger partial charge in [-0.05, 0) is 49.7 Å². The van der Waals surface area contributed by atoms with Crippen molar-refractivity contribution in [2.45, 2.75) is 25.5 Å². The lowest BCUT2D eigenvalue weighted by Crippen LogP contribution is -2.34. The fourth-order valence-corrected chi connectivity index (χ4v) is 5.70. The van der Waals surface area contributed by atoms with Gasteiger partial charge in [0.2, 0.25) is 5.88 Å². The number of amides is 1. The van der Waals surface area contributed by atoms with Crippen molar-refractivity contribution in [3.8, 4) is 23.2 Å². The Balaban J connectivity index is 1.09. The third kappa shape index (κ3) is 4.42. The number of nitrogens with zero attached hydrogens (tertiary/aromatic N) is 7. The monoisotopic (exact) mass is 552 g/mol. The Morgan fingerprint density at radius 1 is 1.07 bits per heavy atom. The van der Waals surface area contributed by atoms with E-state index < -0.39 is 5.54 Å². The summed E-state index contributed by atoms with van der Waals surface area (Å²) in [5, 5.41) is 4.95. The Labute approximate surface area is 235 Å². The fraction of sp³-hybridized carbons (Fsp3) is 0.300. The Hall–Kier alpha value is -4.64. The number of ether oxygens (including phenoxy) is 1. The number of nitrogens with two attached hydrogens (primary N) is 1. The average Bonchev–Trinajstić information content (AvgIpc) is 3.40. The first-order valence-electron chi connectivity index (χ1n) is 13.5. The molecular formula is C30H29FN8O2. The van der Waals surface area contributed by atoms with E-state index in [2.05, 4.69) is 15.1 Å². The van der Waals surface area contributed by atoms with Crippen molar-refractivity contribution in [3.05, 3.63) is 84.2 Å². The van der Waals surface area contributed by atoms with Gasteiger partial charge in [0.05, 0.1) is 5.52 Å². The zero-order chi connectivity index (χ0) is 28.5. The lowest BCUT2D eigenvalue weighted by molar-refractivity contribution is 0.0740. The van der Waals surface area contributed by atoms with E-state index in [1.54, 1.807) is 54.6 Å². The molecule has 4 aromatic heterocycles. The van der Waals surface area contributed by atoms with Gasteiger partial charge in [-0.25, -0.2) is 14.4 Å². The number of piperidine rings is 1. The zero-order valence-corrected chi connectivity index (χ0v) is 22.9. The van der Waals surface area contributed by atoms with Crippen molar-refractivity contribution in [1.82, 2.24) is 34.2 Å². The Kier molecular flexibility index (Phi) is 5.69. The number of hydrogen-bond acceptors (Lipinski definition) is 7. The zero-order valence-electron chi connectivity index (χ0n) is 22.9. The van der Waals surface area contributed by atoms with Crippen LogP contribution in [0.4, 0.5) is 4.39 Å². The van der Waals surface area contributed by atoms with Crippen LogP contribution in [0.25, 0.3) is 28.2 Å². The van der Waals surface area contributed by atoms with Crippen LogP contribution in [-0.2, 0) is 12.6 Å². The first-order chi connectivity index (χ1) is 19.7. The van der Waals surface area contributed by atoms with Crippen molar-refractivity contribution in [2.24, 2.45) is 24.6 Å². The van der Waals surface area contributed by atoms with E-state index in [0.29, 0.717) is 52.9 Å². The molecule has 41 heavy (non-hydrogen) atoms. The molecule has 10 nitrogen and oxygen atoms in total. The normalized spacial score (nSPS) is 19.9. The summed E-state index contributed by atoms with van der Waals surface area (Å²) in [4.78, 5) is 28.4. The van der Waals surface area contributed by atoms with Gasteiger partial charge in [-0.1, -0.05) is 6.07 Å². The van der Waals surface area contributed by atoms with Gasteiger partial charge in [0, 0.05) is 73.6 Å². The molecule has 1 saturated carbocycles. The van der Waals surface area contributed by atoms with Gasteiger partial charge in [-0.2, -0.15) is 10.1 Å². The quantitative estimate of drug-likeness (QED) is 0.341. The van der Waals surface area contributed by atoms with Gasteiger partial charge in [0.25, 0.3) is 5.91 Å². The second-order valence-corrected chi connectivity index (χ2v) is 11.4. The van der Waals surface area contributed by atoms with Gasteiger partial charge in [0.1, 0.15) is 29.1 Å². The molecule has 1 aromatic carbocycles. The van der Waals surface area contributed by atoms with Crippen molar-refractivity contribution >= 4 is 16.8 Å². The summed E-state index contributed by atoms with van der Waals surface area (Å²) in [6, 6.07) is 14.0. The lowest BCUT2D eigenvalue weighted by Gasteiger charge is -2.22. The Bertz CT molecular complexity index is 1780. The predicted molar refractivity (Wildman–Crippen MR) is 150 cm³/mol. The fourth-order valence-electron chi connectivity index (χ4n) is 5.70. The largest absolute Gasteiger partial charge is 0.474 e. The van der Waals surface area contributed by atoms with Crippen LogP contribution in [-0.4, -0.2) is 59.3 Å². The SMILES string of the molecule is Cn1nc(-c2ncccn2)cc1C(=O)N1CC2C(C1)C2Oc1cc(C(C)(C)N)cc(-n2ccc3c(F)cccc32)n1. The van der Waals surface area contributed by atoms with Crippen molar-refractivity contribution in [3.63, 3.8) is 0 Å². The van der Waals surface area contributed by atoms with E-state index in [-0.39, 0.29) is 29.7 Å². The second kappa shape index (κ2) is 9.20. The molecular weight excluding hydrogens is 523 g/mol. The van der Waals surface area contributed by atoms with E-state index in [0.717, 1.165) is 5.56 Å². The molecule has 1 amide bonds. The topological polar surface area (TPSA) is 117 Å². The molecule has 208 valence electrons. The number of likely N-dealkylation sites (tertiary alicyclic amines) is 1. The molecule has 5 heterocycles. The second-order valence-electron chi connectivity index (χ2n) is 11.4. The number of hydrogen-bond donors (Lipinski definition) is 1. The van der Waals surface area contributed by atoms with Crippen LogP contribution in [0.3, 0.4) is 0 Å². The lowest BCUT2D eigenvalue weighted by atomic mass is 9.96. The van der Waals surface area contributed by atoms with E-state index in [4.69, 9.17) is 15.5 Å². The molecule has 5 aromatic rings. The summed E-state index contributed by atoms with van der Waals surface area (Å²) in [5.41, 5.74) is 8.45. The molecule has 2 atom stereocenters. The standard InChI is InChI=1S/C30H29FN8O2/c1-30(2,32)17-12-25(39-11-8-18-21(31)6-4-7-23(18)39)35-26(13-17)41-27-19-15-38(16-20(19)27)29(40)24-14-22(36-37(24)3)28-33-9-5-10-34-28/h4-14,19-20,27H,15-16,32H2,1-3H3. The number of rotatable bonds is 6. The van der Waals surface area contributed by atoms with Crippen molar-refractivity contribution in [1.29, 1.82) is 0 Å². The first kappa shape index (κ1) is 25.3. The minimum Gasteiger partial charge on any atom is -0.474 e. The molecule has 1 saturated heterocycles. The number of carbonyl (C=O) groups excluding carboxylic acids is 1.